The first-order valence-corrected chi connectivity index (χ1v) is 10.9. The van der Waals surface area contributed by atoms with Crippen molar-refractivity contribution in [2.24, 2.45) is 0 Å². The van der Waals surface area contributed by atoms with E-state index in [0.717, 1.165) is 25.7 Å². The van der Waals surface area contributed by atoms with E-state index in [1.807, 2.05) is 0 Å². The van der Waals surface area contributed by atoms with Gasteiger partial charge in [0, 0.05) is 20.1 Å². The standard InChI is InChI=1S/C22H44O3/c1-24-22-25-21-19-17-15-13-11-9-7-5-3-2-4-6-8-10-12-14-16-18-20-23/h20H,2-19,21-22H2,1H3. The molecule has 0 heterocycles. The van der Waals surface area contributed by atoms with Gasteiger partial charge in [0.2, 0.25) is 0 Å². The molecule has 0 fully saturated rings. The predicted molar refractivity (Wildman–Crippen MR) is 107 cm³/mol. The van der Waals surface area contributed by atoms with Crippen LogP contribution in [-0.2, 0) is 14.3 Å². The van der Waals surface area contributed by atoms with Crippen LogP contribution in [0.5, 0.6) is 0 Å². The third-order valence-corrected chi connectivity index (χ3v) is 4.81. The molecule has 25 heavy (non-hydrogen) atoms. The molecule has 0 N–H and O–H groups in total. The van der Waals surface area contributed by atoms with E-state index in [2.05, 4.69) is 0 Å². The molecule has 0 aliphatic rings. The third kappa shape index (κ3) is 23.6. The lowest BCUT2D eigenvalue weighted by atomic mass is 10.0. The van der Waals surface area contributed by atoms with Crippen molar-refractivity contribution < 1.29 is 14.3 Å². The second-order valence-corrected chi connectivity index (χ2v) is 7.28. The first kappa shape index (κ1) is 24.6. The van der Waals surface area contributed by atoms with Crippen LogP contribution in [0.15, 0.2) is 0 Å². The van der Waals surface area contributed by atoms with Gasteiger partial charge in [0.15, 0.2) is 0 Å². The van der Waals surface area contributed by atoms with Crippen molar-refractivity contribution in [1.82, 2.24) is 0 Å². The topological polar surface area (TPSA) is 35.5 Å². The molecular formula is C22H44O3. The number of carbonyl (C=O) groups is 1. The lowest BCUT2D eigenvalue weighted by Gasteiger charge is -2.04. The number of unbranched alkanes of at least 4 members (excludes halogenated alkanes) is 17. The molecule has 0 rings (SSSR count). The summed E-state index contributed by atoms with van der Waals surface area (Å²) >= 11 is 0. The van der Waals surface area contributed by atoms with Crippen LogP contribution in [0.25, 0.3) is 0 Å². The van der Waals surface area contributed by atoms with E-state index in [9.17, 15) is 4.79 Å². The molecule has 0 bridgehead atoms. The largest absolute Gasteiger partial charge is 0.359 e. The van der Waals surface area contributed by atoms with Gasteiger partial charge in [0.05, 0.1) is 0 Å². The summed E-state index contributed by atoms with van der Waals surface area (Å²) in [6.07, 6.45) is 24.7. The molecule has 0 unspecified atom stereocenters. The van der Waals surface area contributed by atoms with Gasteiger partial charge in [0.25, 0.3) is 0 Å². The first-order valence-electron chi connectivity index (χ1n) is 10.9. The number of hydrogen-bond acceptors (Lipinski definition) is 3. The second kappa shape index (κ2) is 23.6. The van der Waals surface area contributed by atoms with Gasteiger partial charge in [-0.25, -0.2) is 0 Å². The molecule has 0 saturated heterocycles. The van der Waals surface area contributed by atoms with Crippen LogP contribution < -0.4 is 0 Å². The van der Waals surface area contributed by atoms with Crippen molar-refractivity contribution in [3.05, 3.63) is 0 Å². The Balaban J connectivity index is 2.95. The summed E-state index contributed by atoms with van der Waals surface area (Å²) in [7, 11) is 1.67. The van der Waals surface area contributed by atoms with E-state index < -0.39 is 0 Å². The number of aldehydes is 1. The maximum Gasteiger partial charge on any atom is 0.146 e. The number of carbonyl (C=O) groups excluding carboxylic acids is 1. The zero-order valence-corrected chi connectivity index (χ0v) is 16.9. The molecule has 150 valence electrons. The highest BCUT2D eigenvalue weighted by Crippen LogP contribution is 2.14. The summed E-state index contributed by atoms with van der Waals surface area (Å²) < 4.78 is 10.1. The molecular weight excluding hydrogens is 312 g/mol. The van der Waals surface area contributed by atoms with E-state index >= 15 is 0 Å². The lowest BCUT2D eigenvalue weighted by molar-refractivity contribution is -0.107. The van der Waals surface area contributed by atoms with Gasteiger partial charge < -0.3 is 14.3 Å². The molecule has 0 aromatic carbocycles. The Bertz CT molecular complexity index is 243. The zero-order valence-electron chi connectivity index (χ0n) is 16.9. The molecule has 0 atom stereocenters. The highest BCUT2D eigenvalue weighted by atomic mass is 16.7. The Morgan fingerprint density at radius 1 is 0.560 bits per heavy atom. The average Bonchev–Trinajstić information content (AvgIpc) is 2.63. The van der Waals surface area contributed by atoms with Crippen molar-refractivity contribution in [2.45, 2.75) is 116 Å². The number of ether oxygens (including phenoxy) is 2. The van der Waals surface area contributed by atoms with Crippen molar-refractivity contribution in [1.29, 1.82) is 0 Å². The fourth-order valence-electron chi connectivity index (χ4n) is 3.23. The van der Waals surface area contributed by atoms with Crippen molar-refractivity contribution >= 4 is 6.29 Å². The monoisotopic (exact) mass is 356 g/mol. The third-order valence-electron chi connectivity index (χ3n) is 4.81. The van der Waals surface area contributed by atoms with Crippen LogP contribution in [0.3, 0.4) is 0 Å². The number of hydrogen-bond donors (Lipinski definition) is 0. The smallest absolute Gasteiger partial charge is 0.146 e. The van der Waals surface area contributed by atoms with Gasteiger partial charge in [0.1, 0.15) is 13.1 Å². The fraction of sp³-hybridized carbons (Fsp3) is 0.955. The Morgan fingerprint density at radius 2 is 0.920 bits per heavy atom. The summed E-state index contributed by atoms with van der Waals surface area (Å²) in [4.78, 5) is 10.2. The van der Waals surface area contributed by atoms with E-state index in [0.29, 0.717) is 6.79 Å². The quantitative estimate of drug-likeness (QED) is 0.121. The summed E-state index contributed by atoms with van der Waals surface area (Å²) in [5, 5.41) is 0. The van der Waals surface area contributed by atoms with E-state index in [4.69, 9.17) is 9.47 Å². The van der Waals surface area contributed by atoms with Crippen molar-refractivity contribution in [3.63, 3.8) is 0 Å². The molecule has 0 aromatic rings. The lowest BCUT2D eigenvalue weighted by Crippen LogP contribution is -1.98. The van der Waals surface area contributed by atoms with Crippen LogP contribution in [0.1, 0.15) is 116 Å². The Labute approximate surface area is 157 Å². The number of rotatable bonds is 22. The highest BCUT2D eigenvalue weighted by Gasteiger charge is 1.95. The summed E-state index contributed by atoms with van der Waals surface area (Å²) in [6.45, 7) is 1.27. The molecule has 0 aliphatic carbocycles. The molecule has 3 nitrogen and oxygen atoms in total. The summed E-state index contributed by atoms with van der Waals surface area (Å²) in [5.41, 5.74) is 0. The fourth-order valence-corrected chi connectivity index (χ4v) is 3.23. The molecule has 0 aliphatic heterocycles. The maximum absolute atomic E-state index is 10.2. The molecule has 0 radical (unpaired) electrons. The van der Waals surface area contributed by atoms with E-state index in [1.54, 1.807) is 7.11 Å². The van der Waals surface area contributed by atoms with Crippen LogP contribution in [0.4, 0.5) is 0 Å². The summed E-state index contributed by atoms with van der Waals surface area (Å²) in [6, 6.07) is 0. The molecule has 0 amide bonds. The highest BCUT2D eigenvalue weighted by molar-refractivity contribution is 5.48. The molecule has 0 aromatic heterocycles. The molecule has 0 spiro atoms. The van der Waals surface area contributed by atoms with Gasteiger partial charge in [-0.3, -0.25) is 0 Å². The maximum atomic E-state index is 10.2. The van der Waals surface area contributed by atoms with E-state index in [-0.39, 0.29) is 0 Å². The van der Waals surface area contributed by atoms with Crippen LogP contribution in [-0.4, -0.2) is 26.8 Å². The minimum absolute atomic E-state index is 0.433. The van der Waals surface area contributed by atoms with Gasteiger partial charge >= 0.3 is 0 Å². The summed E-state index contributed by atoms with van der Waals surface area (Å²) in [5.74, 6) is 0. The second-order valence-electron chi connectivity index (χ2n) is 7.28. The predicted octanol–water partition coefficient (Wildman–Crippen LogP) is 6.83. The van der Waals surface area contributed by atoms with E-state index in [1.165, 1.54) is 103 Å². The Kier molecular flexibility index (Phi) is 23.2. The first-order chi connectivity index (χ1) is 12.4. The van der Waals surface area contributed by atoms with Gasteiger partial charge in [-0.1, -0.05) is 96.3 Å². The minimum atomic E-state index is 0.433. The van der Waals surface area contributed by atoms with Crippen molar-refractivity contribution in [2.75, 3.05) is 20.5 Å². The van der Waals surface area contributed by atoms with Gasteiger partial charge in [-0.2, -0.15) is 0 Å². The van der Waals surface area contributed by atoms with Crippen LogP contribution in [0, 0.1) is 0 Å². The average molecular weight is 357 g/mol. The van der Waals surface area contributed by atoms with Crippen LogP contribution >= 0.6 is 0 Å². The van der Waals surface area contributed by atoms with Gasteiger partial charge in [-0.05, 0) is 12.8 Å². The number of methoxy groups -OCH3 is 1. The molecule has 0 saturated carbocycles. The Morgan fingerprint density at radius 3 is 1.28 bits per heavy atom. The Hall–Kier alpha value is -0.410. The SMILES string of the molecule is COCOCCCCCCCCCCCCCCCCCCCC=O. The minimum Gasteiger partial charge on any atom is -0.359 e. The van der Waals surface area contributed by atoms with Crippen LogP contribution in [0.2, 0.25) is 0 Å². The molecule has 3 heteroatoms. The zero-order chi connectivity index (χ0) is 18.3. The van der Waals surface area contributed by atoms with Gasteiger partial charge in [-0.15, -0.1) is 0 Å². The van der Waals surface area contributed by atoms with Crippen molar-refractivity contribution in [3.8, 4) is 0 Å². The normalized spacial score (nSPS) is 11.1.